The van der Waals surface area contributed by atoms with Gasteiger partial charge in [-0.15, -0.1) is 0 Å². The van der Waals surface area contributed by atoms with Crippen molar-refractivity contribution < 1.29 is 41.3 Å². The summed E-state index contributed by atoms with van der Waals surface area (Å²) < 4.78 is 84.0. The molecule has 2 aromatic rings. The van der Waals surface area contributed by atoms with Gasteiger partial charge in [-0.25, -0.2) is 0 Å². The molecule has 0 fully saturated rings. The fraction of sp³-hybridized carbons (Fsp3) is 0.400. The molecule has 0 amide bonds. The van der Waals surface area contributed by atoms with Gasteiger partial charge in [-0.1, -0.05) is 12.1 Å². The molecule has 4 nitrogen and oxygen atoms in total. The van der Waals surface area contributed by atoms with E-state index in [0.717, 1.165) is 18.2 Å². The molecular formula is C20H21F6NO3. The normalized spacial score (nSPS) is 12.8. The number of hydrogen-bond donors (Lipinski definition) is 3. The molecule has 0 aliphatic carbocycles. The van der Waals surface area contributed by atoms with Crippen molar-refractivity contribution in [1.29, 1.82) is 0 Å². The van der Waals surface area contributed by atoms with Crippen LogP contribution >= 0.6 is 0 Å². The third-order valence-electron chi connectivity index (χ3n) is 4.53. The molecule has 0 unspecified atom stereocenters. The first kappa shape index (κ1) is 24.0. The van der Waals surface area contributed by atoms with Crippen LogP contribution in [0.15, 0.2) is 42.5 Å². The van der Waals surface area contributed by atoms with Crippen LogP contribution in [-0.2, 0) is 18.8 Å². The number of benzene rings is 2. The Morgan fingerprint density at radius 3 is 2.03 bits per heavy atom. The summed E-state index contributed by atoms with van der Waals surface area (Å²) >= 11 is 0. The third kappa shape index (κ3) is 6.35. The lowest BCUT2D eigenvalue weighted by atomic mass is 9.93. The van der Waals surface area contributed by atoms with Crippen LogP contribution in [0.25, 0.3) is 0 Å². The van der Waals surface area contributed by atoms with Gasteiger partial charge >= 0.3 is 12.4 Å². The first-order valence-electron chi connectivity index (χ1n) is 8.94. The Hall–Kier alpha value is -2.30. The van der Waals surface area contributed by atoms with Crippen LogP contribution in [0.5, 0.6) is 11.5 Å². The van der Waals surface area contributed by atoms with Gasteiger partial charge in [-0.2, -0.15) is 26.3 Å². The summed E-state index contributed by atoms with van der Waals surface area (Å²) in [6, 6.07) is 6.97. The molecule has 0 radical (unpaired) electrons. The Bertz CT molecular complexity index is 847. The van der Waals surface area contributed by atoms with E-state index in [9.17, 15) is 26.3 Å². The number of aryl methyl sites for hydroxylation is 1. The fourth-order valence-corrected chi connectivity index (χ4v) is 2.81. The zero-order valence-corrected chi connectivity index (χ0v) is 15.7. The molecule has 0 aliphatic heterocycles. The Labute approximate surface area is 168 Å². The van der Waals surface area contributed by atoms with Crippen molar-refractivity contribution in [3.63, 3.8) is 0 Å². The topological polar surface area (TPSA) is 75.7 Å². The summed E-state index contributed by atoms with van der Waals surface area (Å²) in [7, 11) is 0. The SMILES string of the molecule is NC(CO)(CO)CCCc1ccc(Oc2cccc(C(F)(F)F)c2)cc1C(F)(F)F. The fourth-order valence-electron chi connectivity index (χ4n) is 2.81. The van der Waals surface area contributed by atoms with Crippen LogP contribution in [0, 0.1) is 0 Å². The molecule has 0 spiro atoms. The van der Waals surface area contributed by atoms with E-state index in [-0.39, 0.29) is 36.3 Å². The molecule has 0 saturated carbocycles. The Morgan fingerprint density at radius 2 is 1.47 bits per heavy atom. The summed E-state index contributed by atoms with van der Waals surface area (Å²) in [4.78, 5) is 0. The van der Waals surface area contributed by atoms with Gasteiger partial charge in [0.15, 0.2) is 0 Å². The van der Waals surface area contributed by atoms with Crippen molar-refractivity contribution in [2.45, 2.75) is 37.2 Å². The Morgan fingerprint density at radius 1 is 0.833 bits per heavy atom. The molecule has 2 rings (SSSR count). The van der Waals surface area contributed by atoms with Gasteiger partial charge in [0, 0.05) is 0 Å². The average molecular weight is 437 g/mol. The second-order valence-corrected chi connectivity index (χ2v) is 6.98. The largest absolute Gasteiger partial charge is 0.457 e. The lowest BCUT2D eigenvalue weighted by Gasteiger charge is -2.24. The first-order valence-corrected chi connectivity index (χ1v) is 8.94. The number of aliphatic hydroxyl groups excluding tert-OH is 2. The van der Waals surface area contributed by atoms with Crippen LogP contribution in [0.1, 0.15) is 29.5 Å². The van der Waals surface area contributed by atoms with Crippen LogP contribution in [-0.4, -0.2) is 29.0 Å². The number of hydrogen-bond acceptors (Lipinski definition) is 4. The zero-order chi connectivity index (χ0) is 22.6. The summed E-state index contributed by atoms with van der Waals surface area (Å²) in [5.74, 6) is -0.506. The molecule has 166 valence electrons. The summed E-state index contributed by atoms with van der Waals surface area (Å²) in [5, 5.41) is 18.3. The van der Waals surface area contributed by atoms with Gasteiger partial charge in [0.1, 0.15) is 11.5 Å². The first-order chi connectivity index (χ1) is 13.9. The molecule has 30 heavy (non-hydrogen) atoms. The van der Waals surface area contributed by atoms with E-state index < -0.39 is 42.2 Å². The molecule has 10 heteroatoms. The minimum absolute atomic E-state index is 0.0301. The number of halogens is 6. The number of alkyl halides is 6. The van der Waals surface area contributed by atoms with Gasteiger partial charge in [0.2, 0.25) is 0 Å². The highest BCUT2D eigenvalue weighted by Crippen LogP contribution is 2.37. The van der Waals surface area contributed by atoms with Crippen molar-refractivity contribution in [3.8, 4) is 11.5 Å². The van der Waals surface area contributed by atoms with E-state index in [4.69, 9.17) is 20.7 Å². The van der Waals surface area contributed by atoms with Gasteiger partial charge in [0.05, 0.1) is 29.9 Å². The molecule has 0 atom stereocenters. The number of nitrogens with two attached hydrogens (primary N) is 1. The molecule has 4 N–H and O–H groups in total. The summed E-state index contributed by atoms with van der Waals surface area (Å²) in [5.41, 5.74) is 2.41. The summed E-state index contributed by atoms with van der Waals surface area (Å²) in [6.45, 7) is -1.03. The zero-order valence-electron chi connectivity index (χ0n) is 15.7. The molecule has 0 aliphatic rings. The predicted octanol–water partition coefficient (Wildman–Crippen LogP) is 4.52. The van der Waals surface area contributed by atoms with Crippen LogP contribution < -0.4 is 10.5 Å². The second-order valence-electron chi connectivity index (χ2n) is 6.98. The van der Waals surface area contributed by atoms with Crippen LogP contribution in [0.3, 0.4) is 0 Å². The highest BCUT2D eigenvalue weighted by Gasteiger charge is 2.34. The van der Waals surface area contributed by atoms with Crippen molar-refractivity contribution in [1.82, 2.24) is 0 Å². The van der Waals surface area contributed by atoms with Gasteiger partial charge in [-0.3, -0.25) is 0 Å². The van der Waals surface area contributed by atoms with E-state index in [0.29, 0.717) is 6.07 Å². The summed E-state index contributed by atoms with van der Waals surface area (Å²) in [6.07, 6.45) is -9.08. The highest BCUT2D eigenvalue weighted by molar-refractivity contribution is 5.41. The molecule has 0 aromatic heterocycles. The minimum Gasteiger partial charge on any atom is -0.457 e. The number of rotatable bonds is 8. The highest BCUT2D eigenvalue weighted by atomic mass is 19.4. The maximum Gasteiger partial charge on any atom is 0.416 e. The van der Waals surface area contributed by atoms with Crippen molar-refractivity contribution in [2.24, 2.45) is 5.73 Å². The van der Waals surface area contributed by atoms with Crippen molar-refractivity contribution >= 4 is 0 Å². The Balaban J connectivity index is 2.22. The molecular weight excluding hydrogens is 416 g/mol. The molecule has 0 saturated heterocycles. The van der Waals surface area contributed by atoms with Crippen molar-refractivity contribution in [3.05, 3.63) is 59.2 Å². The standard InChI is InChI=1S/C20H21F6NO3/c21-19(22,23)14-4-1-5-15(9-14)30-16-7-6-13(17(10-16)20(24,25)26)3-2-8-18(27,11-28)12-29/h1,4-7,9-10,28-29H,2-3,8,11-12,27H2. The van der Waals surface area contributed by atoms with Gasteiger partial charge < -0.3 is 20.7 Å². The van der Waals surface area contributed by atoms with Crippen LogP contribution in [0.2, 0.25) is 0 Å². The maximum absolute atomic E-state index is 13.5. The van der Waals surface area contributed by atoms with E-state index in [1.54, 1.807) is 0 Å². The Kier molecular flexibility index (Phi) is 7.38. The van der Waals surface area contributed by atoms with Gasteiger partial charge in [-0.05, 0) is 55.2 Å². The van der Waals surface area contributed by atoms with Crippen molar-refractivity contribution in [2.75, 3.05) is 13.2 Å². The molecule has 0 bridgehead atoms. The van der Waals surface area contributed by atoms with E-state index in [1.807, 2.05) is 0 Å². The minimum atomic E-state index is -4.71. The van der Waals surface area contributed by atoms with E-state index in [2.05, 4.69) is 0 Å². The van der Waals surface area contributed by atoms with Crippen LogP contribution in [0.4, 0.5) is 26.3 Å². The molecule has 0 heterocycles. The molecule has 2 aromatic carbocycles. The second kappa shape index (κ2) is 9.23. The number of ether oxygens (including phenoxy) is 1. The predicted molar refractivity (Wildman–Crippen MR) is 97.0 cm³/mol. The maximum atomic E-state index is 13.5. The lowest BCUT2D eigenvalue weighted by molar-refractivity contribution is -0.138. The van der Waals surface area contributed by atoms with Gasteiger partial charge in [0.25, 0.3) is 0 Å². The van der Waals surface area contributed by atoms with E-state index in [1.165, 1.54) is 18.2 Å². The quantitative estimate of drug-likeness (QED) is 0.531. The lowest BCUT2D eigenvalue weighted by Crippen LogP contribution is -2.47. The monoisotopic (exact) mass is 437 g/mol. The smallest absolute Gasteiger partial charge is 0.416 e. The third-order valence-corrected chi connectivity index (χ3v) is 4.53. The average Bonchev–Trinajstić information content (AvgIpc) is 2.67. The van der Waals surface area contributed by atoms with E-state index >= 15 is 0 Å². The number of aliphatic hydroxyl groups is 2.